The van der Waals surface area contributed by atoms with Crippen molar-refractivity contribution in [1.29, 1.82) is 0 Å². The Morgan fingerprint density at radius 3 is 2.55 bits per heavy atom. The molecule has 6 nitrogen and oxygen atoms in total. The molecule has 29 heavy (non-hydrogen) atoms. The molecule has 2 aromatic carbocycles. The number of hydrogen-bond acceptors (Lipinski definition) is 3. The van der Waals surface area contributed by atoms with E-state index >= 15 is 0 Å². The first-order valence-corrected chi connectivity index (χ1v) is 9.33. The molecule has 0 fully saturated rings. The molecule has 1 aromatic heterocycles. The fourth-order valence-corrected chi connectivity index (χ4v) is 2.76. The molecule has 1 N–H and O–H groups in total. The molecule has 0 aliphatic heterocycles. The van der Waals surface area contributed by atoms with Crippen molar-refractivity contribution in [1.82, 2.24) is 9.78 Å². The van der Waals surface area contributed by atoms with Crippen molar-refractivity contribution in [2.75, 3.05) is 6.61 Å². The molecule has 0 radical (unpaired) electrons. The number of nitrogens with zero attached hydrogens (tertiary/aromatic N) is 3. The number of ether oxygens (including phenoxy) is 1. The van der Waals surface area contributed by atoms with Crippen molar-refractivity contribution < 1.29 is 14.6 Å². The Labute approximate surface area is 169 Å². The van der Waals surface area contributed by atoms with Gasteiger partial charge in [0.05, 0.1) is 24.6 Å². The summed E-state index contributed by atoms with van der Waals surface area (Å²) in [4.78, 5) is 14.4. The number of carboxylic acid groups (broad SMARTS) is 1. The van der Waals surface area contributed by atoms with Gasteiger partial charge in [0.25, 0.3) is 5.70 Å². The third-order valence-electron chi connectivity index (χ3n) is 4.29. The number of hydrogen-bond donors (Lipinski definition) is 1. The maximum absolute atomic E-state index is 11.3. The van der Waals surface area contributed by atoms with Crippen LogP contribution in [0.5, 0.6) is 5.75 Å². The molecule has 6 heteroatoms. The van der Waals surface area contributed by atoms with Crippen LogP contribution in [0.1, 0.15) is 25.3 Å². The topological polar surface area (TPSA) is 68.7 Å². The largest absolute Gasteiger partial charge is 0.494 e. The molecule has 0 saturated heterocycles. The summed E-state index contributed by atoms with van der Waals surface area (Å²) in [7, 11) is 0. The highest BCUT2D eigenvalue weighted by Gasteiger charge is 2.14. The lowest BCUT2D eigenvalue weighted by atomic mass is 10.1. The molecule has 0 bridgehead atoms. The summed E-state index contributed by atoms with van der Waals surface area (Å²) in [5.74, 6) is -0.493. The van der Waals surface area contributed by atoms with Gasteiger partial charge in [-0.2, -0.15) is 5.10 Å². The van der Waals surface area contributed by atoms with Crippen LogP contribution in [0, 0.1) is 6.57 Å². The molecule has 0 aliphatic carbocycles. The van der Waals surface area contributed by atoms with Crippen molar-refractivity contribution in [3.63, 3.8) is 0 Å². The molecule has 3 rings (SSSR count). The van der Waals surface area contributed by atoms with Gasteiger partial charge in [-0.3, -0.25) is 4.79 Å². The van der Waals surface area contributed by atoms with Gasteiger partial charge in [-0.15, -0.1) is 0 Å². The zero-order valence-corrected chi connectivity index (χ0v) is 16.1. The van der Waals surface area contributed by atoms with Crippen molar-refractivity contribution in [3.8, 4) is 22.7 Å². The smallest absolute Gasteiger partial charge is 0.333 e. The van der Waals surface area contributed by atoms with Gasteiger partial charge in [0.15, 0.2) is 0 Å². The summed E-state index contributed by atoms with van der Waals surface area (Å²) in [6.07, 6.45) is 5.14. The van der Waals surface area contributed by atoms with E-state index in [0.29, 0.717) is 17.9 Å². The van der Waals surface area contributed by atoms with Gasteiger partial charge in [0.2, 0.25) is 0 Å². The number of carboxylic acids is 1. The lowest BCUT2D eigenvalue weighted by Crippen LogP contribution is -1.96. The number of benzene rings is 2. The van der Waals surface area contributed by atoms with Gasteiger partial charge >= 0.3 is 5.97 Å². The van der Waals surface area contributed by atoms with Crippen LogP contribution >= 0.6 is 0 Å². The lowest BCUT2D eigenvalue weighted by molar-refractivity contribution is -0.132. The van der Waals surface area contributed by atoms with Gasteiger partial charge < -0.3 is 9.84 Å². The third kappa shape index (κ3) is 4.90. The van der Waals surface area contributed by atoms with Crippen molar-refractivity contribution >= 4 is 12.0 Å². The summed E-state index contributed by atoms with van der Waals surface area (Å²) in [6, 6.07) is 17.0. The monoisotopic (exact) mass is 387 g/mol. The number of carbonyl (C=O) groups is 1. The maximum Gasteiger partial charge on any atom is 0.333 e. The standard InChI is InChI=1S/C23H21N3O3/c1-3-4-14-29-20-12-10-17(11-13-20)22-18(15-21(24-2)23(27)28)16-26(25-22)19-8-6-5-7-9-19/h5-13,15-16H,3-4,14H2,1H3,(H,27,28)/b21-15+. The van der Waals surface area contributed by atoms with E-state index in [1.54, 1.807) is 10.9 Å². The number of unbranched alkanes of at least 4 members (excludes halogenated alkanes) is 1. The molecule has 0 aliphatic rings. The summed E-state index contributed by atoms with van der Waals surface area (Å²) < 4.78 is 7.38. The highest BCUT2D eigenvalue weighted by atomic mass is 16.5. The van der Waals surface area contributed by atoms with Crippen LogP contribution < -0.4 is 4.74 Å². The van der Waals surface area contributed by atoms with E-state index < -0.39 is 5.97 Å². The van der Waals surface area contributed by atoms with E-state index in [0.717, 1.165) is 29.8 Å². The second-order valence-corrected chi connectivity index (χ2v) is 6.39. The zero-order valence-electron chi connectivity index (χ0n) is 16.1. The van der Waals surface area contributed by atoms with Gasteiger partial charge in [-0.25, -0.2) is 9.53 Å². The van der Waals surface area contributed by atoms with E-state index in [1.165, 1.54) is 6.08 Å². The summed E-state index contributed by atoms with van der Waals surface area (Å²) in [5.41, 5.74) is 2.44. The lowest BCUT2D eigenvalue weighted by Gasteiger charge is -2.06. The number of para-hydroxylation sites is 1. The van der Waals surface area contributed by atoms with Gasteiger partial charge in [0.1, 0.15) is 5.75 Å². The zero-order chi connectivity index (χ0) is 20.6. The SMILES string of the molecule is [C-]#[N+]/C(=C/c1cn(-c2ccccc2)nc1-c1ccc(OCCCC)cc1)C(=O)O. The highest BCUT2D eigenvalue weighted by Crippen LogP contribution is 2.28. The Morgan fingerprint density at radius 2 is 1.93 bits per heavy atom. The molecule has 3 aromatic rings. The Bertz CT molecular complexity index is 1050. The molecule has 1 heterocycles. The minimum Gasteiger partial charge on any atom is -0.494 e. The normalized spacial score (nSPS) is 11.1. The first kappa shape index (κ1) is 19.9. The summed E-state index contributed by atoms with van der Waals surface area (Å²) in [5, 5.41) is 13.9. The van der Waals surface area contributed by atoms with Crippen molar-refractivity contribution in [2.24, 2.45) is 0 Å². The minimum absolute atomic E-state index is 0.363. The Morgan fingerprint density at radius 1 is 1.21 bits per heavy atom. The van der Waals surface area contributed by atoms with E-state index in [2.05, 4.69) is 16.9 Å². The predicted octanol–water partition coefficient (Wildman–Crippen LogP) is 5.06. The summed E-state index contributed by atoms with van der Waals surface area (Å²) >= 11 is 0. The van der Waals surface area contributed by atoms with Crippen LogP contribution in [-0.2, 0) is 4.79 Å². The van der Waals surface area contributed by atoms with E-state index in [-0.39, 0.29) is 5.70 Å². The van der Waals surface area contributed by atoms with Crippen LogP contribution in [0.4, 0.5) is 0 Å². The first-order valence-electron chi connectivity index (χ1n) is 9.33. The molecule has 146 valence electrons. The van der Waals surface area contributed by atoms with E-state index in [1.807, 2.05) is 54.6 Å². The second-order valence-electron chi connectivity index (χ2n) is 6.39. The van der Waals surface area contributed by atoms with Crippen LogP contribution in [0.3, 0.4) is 0 Å². The van der Waals surface area contributed by atoms with Crippen molar-refractivity contribution in [3.05, 3.63) is 83.5 Å². The van der Waals surface area contributed by atoms with Gasteiger partial charge in [-0.1, -0.05) is 31.5 Å². The average Bonchev–Trinajstić information content (AvgIpc) is 3.17. The number of aromatic nitrogens is 2. The minimum atomic E-state index is -1.27. The third-order valence-corrected chi connectivity index (χ3v) is 4.29. The number of rotatable bonds is 8. The Hall–Kier alpha value is -3.85. The van der Waals surface area contributed by atoms with Gasteiger partial charge in [0, 0.05) is 17.3 Å². The molecule has 0 amide bonds. The number of aliphatic carboxylic acids is 1. The molecule has 0 unspecified atom stereocenters. The highest BCUT2D eigenvalue weighted by molar-refractivity contribution is 5.95. The van der Waals surface area contributed by atoms with Crippen LogP contribution in [0.15, 0.2) is 66.5 Å². The Kier molecular flexibility index (Phi) is 6.43. The fraction of sp³-hybridized carbons (Fsp3) is 0.174. The van der Waals surface area contributed by atoms with Gasteiger partial charge in [-0.05, 0) is 48.9 Å². The quantitative estimate of drug-likeness (QED) is 0.333. The second kappa shape index (κ2) is 9.38. The first-order chi connectivity index (χ1) is 14.1. The molecular formula is C23H21N3O3. The molecular weight excluding hydrogens is 366 g/mol. The Balaban J connectivity index is 2.01. The van der Waals surface area contributed by atoms with Crippen LogP contribution in [-0.4, -0.2) is 27.5 Å². The van der Waals surface area contributed by atoms with Crippen molar-refractivity contribution in [2.45, 2.75) is 19.8 Å². The molecule has 0 saturated carbocycles. The van der Waals surface area contributed by atoms with E-state index in [4.69, 9.17) is 11.3 Å². The molecule has 0 atom stereocenters. The average molecular weight is 387 g/mol. The van der Waals surface area contributed by atoms with Crippen LogP contribution in [0.2, 0.25) is 0 Å². The summed E-state index contributed by atoms with van der Waals surface area (Å²) in [6.45, 7) is 9.90. The predicted molar refractivity (Wildman–Crippen MR) is 112 cm³/mol. The maximum atomic E-state index is 11.3. The fourth-order valence-electron chi connectivity index (χ4n) is 2.76. The van der Waals surface area contributed by atoms with Crippen LogP contribution in [0.25, 0.3) is 27.9 Å². The molecule has 0 spiro atoms. The van der Waals surface area contributed by atoms with E-state index in [9.17, 15) is 9.90 Å².